The number of benzene rings is 1. The van der Waals surface area contributed by atoms with Crippen LogP contribution in [0, 0.1) is 12.3 Å². The highest BCUT2D eigenvalue weighted by atomic mass is 16.4. The summed E-state index contributed by atoms with van der Waals surface area (Å²) in [5.41, 5.74) is -0.496. The van der Waals surface area contributed by atoms with Gasteiger partial charge in [0.2, 0.25) is 0 Å². The van der Waals surface area contributed by atoms with Crippen molar-refractivity contribution in [1.82, 2.24) is 5.32 Å². The molecule has 4 nitrogen and oxygen atoms in total. The first-order valence-electron chi connectivity index (χ1n) is 6.21. The van der Waals surface area contributed by atoms with Crippen molar-refractivity contribution in [1.29, 1.82) is 0 Å². The van der Waals surface area contributed by atoms with Gasteiger partial charge < -0.3 is 10.4 Å². The summed E-state index contributed by atoms with van der Waals surface area (Å²) in [5, 5.41) is 12.1. The van der Waals surface area contributed by atoms with Crippen molar-refractivity contribution < 1.29 is 14.7 Å². The molecule has 0 bridgehead atoms. The first-order chi connectivity index (χ1) is 8.59. The van der Waals surface area contributed by atoms with Crippen LogP contribution in [0.1, 0.15) is 43.6 Å². The minimum absolute atomic E-state index is 0.252. The SMILES string of the molecule is Cc1ccccc1C(=O)NC(C)(C)C(C)(C)C(=O)O. The Balaban J connectivity index is 3.00. The average Bonchev–Trinajstić information content (AvgIpc) is 2.28. The van der Waals surface area contributed by atoms with E-state index in [1.165, 1.54) is 0 Å². The first-order valence-corrected chi connectivity index (χ1v) is 6.21. The van der Waals surface area contributed by atoms with E-state index in [9.17, 15) is 14.7 Å². The monoisotopic (exact) mass is 263 g/mol. The van der Waals surface area contributed by atoms with Crippen LogP contribution in [0.2, 0.25) is 0 Å². The molecule has 1 rings (SSSR count). The van der Waals surface area contributed by atoms with Crippen LogP contribution in [0.3, 0.4) is 0 Å². The summed E-state index contributed by atoms with van der Waals surface area (Å²) in [6, 6.07) is 7.23. The summed E-state index contributed by atoms with van der Waals surface area (Å²) in [6.07, 6.45) is 0. The molecule has 1 aromatic rings. The molecule has 0 saturated heterocycles. The molecule has 1 amide bonds. The molecule has 0 radical (unpaired) electrons. The molecule has 19 heavy (non-hydrogen) atoms. The molecule has 0 heterocycles. The van der Waals surface area contributed by atoms with Gasteiger partial charge in [0.25, 0.3) is 5.91 Å². The molecule has 0 spiro atoms. The van der Waals surface area contributed by atoms with E-state index in [4.69, 9.17) is 0 Å². The Bertz CT molecular complexity index is 504. The van der Waals surface area contributed by atoms with Crippen LogP contribution in [0.5, 0.6) is 0 Å². The Morgan fingerprint density at radius 2 is 1.63 bits per heavy atom. The van der Waals surface area contributed by atoms with Gasteiger partial charge in [-0.1, -0.05) is 18.2 Å². The Kier molecular flexibility index (Phi) is 4.03. The number of amides is 1. The minimum atomic E-state index is -1.06. The molecule has 1 aromatic carbocycles. The molecule has 0 unspecified atom stereocenters. The third-order valence-corrected chi connectivity index (χ3v) is 3.91. The molecule has 0 atom stereocenters. The fourth-order valence-corrected chi connectivity index (χ4v) is 1.60. The normalized spacial score (nSPS) is 12.1. The number of carboxylic acids is 1. The predicted molar refractivity (Wildman–Crippen MR) is 74.1 cm³/mol. The third kappa shape index (κ3) is 2.95. The third-order valence-electron chi connectivity index (χ3n) is 3.91. The summed E-state index contributed by atoms with van der Waals surface area (Å²) in [6.45, 7) is 8.50. The summed E-state index contributed by atoms with van der Waals surface area (Å²) < 4.78 is 0. The van der Waals surface area contributed by atoms with Gasteiger partial charge in [0.15, 0.2) is 0 Å². The lowest BCUT2D eigenvalue weighted by Gasteiger charge is -2.38. The zero-order chi connectivity index (χ0) is 14.8. The number of hydrogen-bond donors (Lipinski definition) is 2. The van der Waals surface area contributed by atoms with Crippen molar-refractivity contribution in [3.8, 4) is 0 Å². The molecule has 104 valence electrons. The van der Waals surface area contributed by atoms with Gasteiger partial charge in [0.1, 0.15) is 0 Å². The second-order valence-electron chi connectivity index (χ2n) is 5.82. The van der Waals surface area contributed by atoms with Gasteiger partial charge in [-0.05, 0) is 46.2 Å². The van der Waals surface area contributed by atoms with Crippen molar-refractivity contribution in [2.75, 3.05) is 0 Å². The molecule has 0 aromatic heterocycles. The standard InChI is InChI=1S/C15H21NO3/c1-10-8-6-7-9-11(10)12(17)16-15(4,5)14(2,3)13(18)19/h6-9H,1-5H3,(H,16,17)(H,18,19). The van der Waals surface area contributed by atoms with Crippen LogP contribution in [0.25, 0.3) is 0 Å². The van der Waals surface area contributed by atoms with E-state index in [0.29, 0.717) is 5.56 Å². The van der Waals surface area contributed by atoms with Gasteiger partial charge in [-0.2, -0.15) is 0 Å². The molecule has 2 N–H and O–H groups in total. The summed E-state index contributed by atoms with van der Waals surface area (Å²) in [7, 11) is 0. The number of carbonyl (C=O) groups is 2. The van der Waals surface area contributed by atoms with Crippen LogP contribution < -0.4 is 5.32 Å². The van der Waals surface area contributed by atoms with Gasteiger partial charge >= 0.3 is 5.97 Å². The second-order valence-corrected chi connectivity index (χ2v) is 5.82. The number of carboxylic acid groups (broad SMARTS) is 1. The van der Waals surface area contributed by atoms with Gasteiger partial charge in [-0.15, -0.1) is 0 Å². The predicted octanol–water partition coefficient (Wildman–Crippen LogP) is 2.61. The molecule has 0 saturated carbocycles. The van der Waals surface area contributed by atoms with E-state index in [1.54, 1.807) is 39.8 Å². The number of aliphatic carboxylic acids is 1. The molecule has 4 heteroatoms. The van der Waals surface area contributed by atoms with Crippen LogP contribution in [0.4, 0.5) is 0 Å². The van der Waals surface area contributed by atoms with Crippen LogP contribution in [0.15, 0.2) is 24.3 Å². The quantitative estimate of drug-likeness (QED) is 0.877. The number of rotatable bonds is 4. The Morgan fingerprint density at radius 3 is 2.11 bits per heavy atom. The number of aryl methyl sites for hydroxylation is 1. The van der Waals surface area contributed by atoms with E-state index < -0.39 is 16.9 Å². The molecule has 0 aliphatic rings. The van der Waals surface area contributed by atoms with Gasteiger partial charge in [0, 0.05) is 5.56 Å². The lowest BCUT2D eigenvalue weighted by Crippen LogP contribution is -2.57. The maximum absolute atomic E-state index is 12.2. The minimum Gasteiger partial charge on any atom is -0.481 e. The lowest BCUT2D eigenvalue weighted by atomic mass is 9.74. The van der Waals surface area contributed by atoms with Crippen molar-refractivity contribution in [2.45, 2.75) is 40.2 Å². The highest BCUT2D eigenvalue weighted by molar-refractivity contribution is 5.96. The maximum Gasteiger partial charge on any atom is 0.311 e. The smallest absolute Gasteiger partial charge is 0.311 e. The first kappa shape index (κ1) is 15.2. The zero-order valence-corrected chi connectivity index (χ0v) is 12.1. The average molecular weight is 263 g/mol. The topological polar surface area (TPSA) is 66.4 Å². The van der Waals surface area contributed by atoms with Crippen LogP contribution >= 0.6 is 0 Å². The Morgan fingerprint density at radius 1 is 1.11 bits per heavy atom. The molecule has 0 fully saturated rings. The number of hydrogen-bond acceptors (Lipinski definition) is 2. The second kappa shape index (κ2) is 5.03. The highest BCUT2D eigenvalue weighted by Gasteiger charge is 2.44. The van der Waals surface area contributed by atoms with Crippen LogP contribution in [-0.2, 0) is 4.79 Å². The van der Waals surface area contributed by atoms with Crippen LogP contribution in [-0.4, -0.2) is 22.5 Å². The van der Waals surface area contributed by atoms with E-state index in [1.807, 2.05) is 19.1 Å². The molecular formula is C15H21NO3. The van der Waals surface area contributed by atoms with E-state index >= 15 is 0 Å². The Hall–Kier alpha value is -1.84. The summed E-state index contributed by atoms with van der Waals surface area (Å²) in [4.78, 5) is 23.5. The maximum atomic E-state index is 12.2. The Labute approximate surface area is 113 Å². The molecule has 0 aliphatic carbocycles. The van der Waals surface area contributed by atoms with E-state index in [0.717, 1.165) is 5.56 Å². The zero-order valence-electron chi connectivity index (χ0n) is 12.1. The molecular weight excluding hydrogens is 242 g/mol. The van der Waals surface area contributed by atoms with Gasteiger partial charge in [-0.25, -0.2) is 0 Å². The summed E-state index contributed by atoms with van der Waals surface area (Å²) in [5.74, 6) is -1.19. The molecule has 0 aliphatic heterocycles. The van der Waals surface area contributed by atoms with Gasteiger partial charge in [-0.3, -0.25) is 9.59 Å². The van der Waals surface area contributed by atoms with Gasteiger partial charge in [0.05, 0.1) is 11.0 Å². The van der Waals surface area contributed by atoms with Crippen molar-refractivity contribution in [3.63, 3.8) is 0 Å². The van der Waals surface area contributed by atoms with Crippen molar-refractivity contribution in [2.24, 2.45) is 5.41 Å². The highest BCUT2D eigenvalue weighted by Crippen LogP contribution is 2.31. The number of nitrogens with one attached hydrogen (secondary N) is 1. The van der Waals surface area contributed by atoms with Crippen molar-refractivity contribution in [3.05, 3.63) is 35.4 Å². The van der Waals surface area contributed by atoms with E-state index in [2.05, 4.69) is 5.32 Å². The largest absolute Gasteiger partial charge is 0.481 e. The number of carbonyl (C=O) groups excluding carboxylic acids is 1. The summed E-state index contributed by atoms with van der Waals surface area (Å²) >= 11 is 0. The fraction of sp³-hybridized carbons (Fsp3) is 0.467. The van der Waals surface area contributed by atoms with E-state index in [-0.39, 0.29) is 5.91 Å². The lowest BCUT2D eigenvalue weighted by molar-refractivity contribution is -0.150. The van der Waals surface area contributed by atoms with Crippen molar-refractivity contribution >= 4 is 11.9 Å². The fourth-order valence-electron chi connectivity index (χ4n) is 1.60.